The molecule has 2 heteroatoms. The van der Waals surface area contributed by atoms with Gasteiger partial charge in [0.05, 0.1) is 0 Å². The predicted molar refractivity (Wildman–Crippen MR) is 89.5 cm³/mol. The van der Waals surface area contributed by atoms with Gasteiger partial charge in [-0.05, 0) is 75.7 Å². The maximum absolute atomic E-state index is 6.36. The minimum Gasteiger partial charge on any atom is -0.0840 e. The van der Waals surface area contributed by atoms with Crippen LogP contribution in [-0.4, -0.2) is 0 Å². The van der Waals surface area contributed by atoms with Crippen molar-refractivity contribution in [2.24, 2.45) is 0 Å². The van der Waals surface area contributed by atoms with Crippen molar-refractivity contribution in [1.29, 1.82) is 0 Å². The molecule has 0 saturated carbocycles. The Morgan fingerprint density at radius 3 is 2.45 bits per heavy atom. The van der Waals surface area contributed by atoms with Crippen molar-refractivity contribution in [3.8, 4) is 11.1 Å². The second-order valence-electron chi connectivity index (χ2n) is 5.52. The Bertz CT molecular complexity index is 743. The summed E-state index contributed by atoms with van der Waals surface area (Å²) in [5, 5.41) is 0.911. The van der Waals surface area contributed by atoms with Crippen molar-refractivity contribution in [2.45, 2.75) is 25.7 Å². The smallest absolute Gasteiger partial charge is 0.0444 e. The van der Waals surface area contributed by atoms with Gasteiger partial charge in [0.2, 0.25) is 0 Å². The molecule has 0 spiro atoms. The number of allylic oxidation sites excluding steroid dienone is 1. The van der Waals surface area contributed by atoms with Crippen molar-refractivity contribution in [2.75, 3.05) is 0 Å². The Balaban J connectivity index is 1.96. The van der Waals surface area contributed by atoms with Crippen LogP contribution in [0.25, 0.3) is 17.2 Å². The average molecular weight is 346 g/mol. The first-order valence-corrected chi connectivity index (χ1v) is 8.20. The first-order valence-electron chi connectivity index (χ1n) is 7.02. The van der Waals surface area contributed by atoms with Gasteiger partial charge in [0.1, 0.15) is 0 Å². The van der Waals surface area contributed by atoms with E-state index in [0.29, 0.717) is 0 Å². The van der Waals surface area contributed by atoms with Gasteiger partial charge in [-0.1, -0.05) is 51.8 Å². The molecule has 4 rings (SSSR count). The Hall–Kier alpha value is -1.05. The minimum absolute atomic E-state index is 0.911. The molecule has 0 bridgehead atoms. The van der Waals surface area contributed by atoms with E-state index < -0.39 is 0 Å². The molecule has 2 aromatic rings. The number of halogens is 2. The van der Waals surface area contributed by atoms with Crippen molar-refractivity contribution >= 4 is 33.6 Å². The maximum Gasteiger partial charge on any atom is 0.0444 e. The fourth-order valence-corrected chi connectivity index (χ4v) is 4.19. The molecular formula is C18H14BrCl. The van der Waals surface area contributed by atoms with Crippen molar-refractivity contribution < 1.29 is 0 Å². The summed E-state index contributed by atoms with van der Waals surface area (Å²) >= 11 is 9.99. The fraction of sp³-hybridized carbons (Fsp3) is 0.222. The van der Waals surface area contributed by atoms with Crippen LogP contribution in [-0.2, 0) is 19.3 Å². The lowest BCUT2D eigenvalue weighted by Gasteiger charge is -2.26. The van der Waals surface area contributed by atoms with E-state index in [0.717, 1.165) is 30.7 Å². The number of benzene rings is 2. The zero-order valence-corrected chi connectivity index (χ0v) is 13.4. The summed E-state index contributed by atoms with van der Waals surface area (Å²) in [6.45, 7) is 0. The highest BCUT2D eigenvalue weighted by Gasteiger charge is 2.22. The monoisotopic (exact) mass is 344 g/mol. The standard InChI is InChI=1S/C18H14BrCl/c19-12-5-7-13-11(10-12)4-6-16-14-2-1-3-18(20)17(14)9-8-15(13)16/h1-4,6,10H,5,7-9H2. The van der Waals surface area contributed by atoms with Gasteiger partial charge in [-0.2, -0.15) is 0 Å². The van der Waals surface area contributed by atoms with E-state index in [1.807, 2.05) is 6.07 Å². The zero-order valence-electron chi connectivity index (χ0n) is 11.0. The molecule has 0 atom stereocenters. The Morgan fingerprint density at radius 2 is 1.55 bits per heavy atom. The zero-order chi connectivity index (χ0) is 13.7. The predicted octanol–water partition coefficient (Wildman–Crippen LogP) is 5.79. The van der Waals surface area contributed by atoms with Crippen LogP contribution in [0.4, 0.5) is 0 Å². The molecular weight excluding hydrogens is 332 g/mol. The molecule has 0 radical (unpaired) electrons. The van der Waals surface area contributed by atoms with Crippen molar-refractivity contribution in [3.63, 3.8) is 0 Å². The van der Waals surface area contributed by atoms with E-state index in [1.165, 1.54) is 37.9 Å². The van der Waals surface area contributed by atoms with E-state index in [1.54, 1.807) is 0 Å². The number of rotatable bonds is 0. The highest BCUT2D eigenvalue weighted by Crippen LogP contribution is 2.41. The normalized spacial score (nSPS) is 16.0. The van der Waals surface area contributed by atoms with Gasteiger partial charge in [0.25, 0.3) is 0 Å². The molecule has 0 heterocycles. The Morgan fingerprint density at radius 1 is 0.800 bits per heavy atom. The van der Waals surface area contributed by atoms with Crippen LogP contribution < -0.4 is 0 Å². The van der Waals surface area contributed by atoms with E-state index >= 15 is 0 Å². The molecule has 20 heavy (non-hydrogen) atoms. The van der Waals surface area contributed by atoms with Crippen LogP contribution >= 0.6 is 27.5 Å². The lowest BCUT2D eigenvalue weighted by atomic mass is 9.79. The van der Waals surface area contributed by atoms with Gasteiger partial charge in [-0.3, -0.25) is 0 Å². The molecule has 2 aliphatic rings. The summed E-state index contributed by atoms with van der Waals surface area (Å²) < 4.78 is 1.31. The summed E-state index contributed by atoms with van der Waals surface area (Å²) in [6, 6.07) is 10.8. The van der Waals surface area contributed by atoms with E-state index in [-0.39, 0.29) is 0 Å². The lowest BCUT2D eigenvalue weighted by molar-refractivity contribution is 0.885. The van der Waals surface area contributed by atoms with Crippen LogP contribution in [0.15, 0.2) is 34.8 Å². The van der Waals surface area contributed by atoms with E-state index in [4.69, 9.17) is 11.6 Å². The van der Waals surface area contributed by atoms with E-state index in [2.05, 4.69) is 46.3 Å². The molecule has 100 valence electrons. The molecule has 0 fully saturated rings. The Labute approximate surface area is 132 Å². The SMILES string of the molecule is Clc1cccc2c1CCc1c-2ccc2c1CCC(Br)=C2. The highest BCUT2D eigenvalue weighted by atomic mass is 79.9. The second-order valence-corrected chi connectivity index (χ2v) is 6.94. The topological polar surface area (TPSA) is 0 Å². The molecule has 0 aliphatic heterocycles. The molecule has 0 unspecified atom stereocenters. The van der Waals surface area contributed by atoms with Crippen LogP contribution in [0.1, 0.15) is 28.7 Å². The molecule has 0 N–H and O–H groups in total. The molecule has 0 amide bonds. The average Bonchev–Trinajstić information content (AvgIpc) is 2.46. The molecule has 0 saturated heterocycles. The van der Waals surface area contributed by atoms with Crippen LogP contribution in [0.3, 0.4) is 0 Å². The minimum atomic E-state index is 0.911. The van der Waals surface area contributed by atoms with Crippen molar-refractivity contribution in [1.82, 2.24) is 0 Å². The first-order chi connectivity index (χ1) is 9.74. The third-order valence-corrected chi connectivity index (χ3v) is 5.41. The number of hydrogen-bond donors (Lipinski definition) is 0. The van der Waals surface area contributed by atoms with Crippen LogP contribution in [0.2, 0.25) is 5.02 Å². The lowest BCUT2D eigenvalue weighted by Crippen LogP contribution is -2.10. The van der Waals surface area contributed by atoms with Crippen LogP contribution in [0.5, 0.6) is 0 Å². The molecule has 0 nitrogen and oxygen atoms in total. The van der Waals surface area contributed by atoms with Gasteiger partial charge >= 0.3 is 0 Å². The first kappa shape index (κ1) is 12.7. The van der Waals surface area contributed by atoms with Gasteiger partial charge in [-0.15, -0.1) is 0 Å². The molecule has 2 aromatic carbocycles. The molecule has 2 aliphatic carbocycles. The molecule has 0 aromatic heterocycles. The third kappa shape index (κ3) is 1.88. The maximum atomic E-state index is 6.36. The summed E-state index contributed by atoms with van der Waals surface area (Å²) in [5.41, 5.74) is 8.49. The van der Waals surface area contributed by atoms with E-state index in [9.17, 15) is 0 Å². The van der Waals surface area contributed by atoms with Crippen LogP contribution in [0, 0.1) is 0 Å². The summed E-state index contributed by atoms with van der Waals surface area (Å²) in [7, 11) is 0. The highest BCUT2D eigenvalue weighted by molar-refractivity contribution is 9.11. The largest absolute Gasteiger partial charge is 0.0840 e. The van der Waals surface area contributed by atoms with Gasteiger partial charge < -0.3 is 0 Å². The van der Waals surface area contributed by atoms with Gasteiger partial charge in [-0.25, -0.2) is 0 Å². The number of hydrogen-bond acceptors (Lipinski definition) is 0. The van der Waals surface area contributed by atoms with Gasteiger partial charge in [0, 0.05) is 5.02 Å². The number of fused-ring (bicyclic) bond motifs is 5. The quantitative estimate of drug-likeness (QED) is 0.567. The van der Waals surface area contributed by atoms with Crippen molar-refractivity contribution in [3.05, 3.63) is 62.1 Å². The second kappa shape index (κ2) is 4.75. The fourth-order valence-electron chi connectivity index (χ4n) is 3.48. The third-order valence-electron chi connectivity index (χ3n) is 4.43. The summed E-state index contributed by atoms with van der Waals surface area (Å²) in [6.07, 6.45) is 6.70. The summed E-state index contributed by atoms with van der Waals surface area (Å²) in [5.74, 6) is 0. The summed E-state index contributed by atoms with van der Waals surface area (Å²) in [4.78, 5) is 0. The van der Waals surface area contributed by atoms with Gasteiger partial charge in [0.15, 0.2) is 0 Å². The Kier molecular flexibility index (Phi) is 3.01.